The monoisotopic (exact) mass is 347 g/mol. The van der Waals surface area contributed by atoms with Crippen LogP contribution in [0.3, 0.4) is 0 Å². The van der Waals surface area contributed by atoms with Gasteiger partial charge in [-0.2, -0.15) is 0 Å². The number of hydrogen-bond donors (Lipinski definition) is 2. The van der Waals surface area contributed by atoms with E-state index >= 15 is 0 Å². The largest absolute Gasteiger partial charge is 0.350 e. The highest BCUT2D eigenvalue weighted by Gasteiger charge is 2.28. The van der Waals surface area contributed by atoms with Gasteiger partial charge >= 0.3 is 0 Å². The highest BCUT2D eigenvalue weighted by atomic mass is 35.5. The zero-order chi connectivity index (χ0) is 15.6. The van der Waals surface area contributed by atoms with E-state index < -0.39 is 10.0 Å². The number of sulfonamides is 1. The van der Waals surface area contributed by atoms with E-state index in [1.165, 1.54) is 26.2 Å². The van der Waals surface area contributed by atoms with Crippen LogP contribution in [0.2, 0.25) is 0 Å². The lowest BCUT2D eigenvalue weighted by Gasteiger charge is -2.13. The summed E-state index contributed by atoms with van der Waals surface area (Å²) in [5, 5.41) is 2.76. The summed E-state index contributed by atoms with van der Waals surface area (Å²) < 4.78 is 25.2. The van der Waals surface area contributed by atoms with Crippen LogP contribution in [0.5, 0.6) is 0 Å². The zero-order valence-corrected chi connectivity index (χ0v) is 14.3. The number of nitrogens with one attached hydrogen (secondary N) is 1. The van der Waals surface area contributed by atoms with E-state index in [4.69, 9.17) is 5.73 Å². The van der Waals surface area contributed by atoms with Crippen LogP contribution in [0, 0.1) is 5.92 Å². The Morgan fingerprint density at radius 3 is 2.59 bits per heavy atom. The van der Waals surface area contributed by atoms with Gasteiger partial charge in [0.25, 0.3) is 5.91 Å². The Kier molecular flexibility index (Phi) is 6.37. The van der Waals surface area contributed by atoms with Gasteiger partial charge in [0.15, 0.2) is 0 Å². The summed E-state index contributed by atoms with van der Waals surface area (Å²) >= 11 is 0. The minimum Gasteiger partial charge on any atom is -0.350 e. The van der Waals surface area contributed by atoms with Gasteiger partial charge in [0.1, 0.15) is 0 Å². The van der Waals surface area contributed by atoms with Crippen molar-refractivity contribution in [2.24, 2.45) is 11.7 Å². The molecule has 0 saturated heterocycles. The Hall–Kier alpha value is -1.15. The molecule has 1 aliphatic carbocycles. The first-order valence-corrected chi connectivity index (χ1v) is 8.32. The first kappa shape index (κ1) is 18.9. The molecule has 1 fully saturated rings. The van der Waals surface area contributed by atoms with E-state index in [1.807, 2.05) is 0 Å². The predicted molar refractivity (Wildman–Crippen MR) is 87.6 cm³/mol. The Morgan fingerprint density at radius 2 is 2.05 bits per heavy atom. The van der Waals surface area contributed by atoms with Gasteiger partial charge in [0.2, 0.25) is 10.0 Å². The third-order valence-corrected chi connectivity index (χ3v) is 5.41. The van der Waals surface area contributed by atoms with Crippen molar-refractivity contribution in [2.75, 3.05) is 20.6 Å². The molecule has 8 heteroatoms. The average molecular weight is 348 g/mol. The molecular formula is C14H22ClN3O3S. The van der Waals surface area contributed by atoms with Crippen LogP contribution in [0.1, 0.15) is 23.2 Å². The first-order chi connectivity index (χ1) is 9.82. The molecule has 6 nitrogen and oxygen atoms in total. The third-order valence-electron chi connectivity index (χ3n) is 3.60. The summed E-state index contributed by atoms with van der Waals surface area (Å²) in [6.07, 6.45) is 2.24. The van der Waals surface area contributed by atoms with Crippen LogP contribution in [-0.2, 0) is 10.0 Å². The standard InChI is InChI=1S/C14H21N3O3S.ClH/c1-17(2)21(19,20)12-5-3-4-11(8-12)14(18)16-9-13(15)10-6-7-10;/h3-5,8,10,13H,6-7,9,15H2,1-2H3,(H,16,18);1H. The predicted octanol–water partition coefficient (Wildman–Crippen LogP) is 0.826. The lowest BCUT2D eigenvalue weighted by Crippen LogP contribution is -2.38. The van der Waals surface area contributed by atoms with E-state index in [1.54, 1.807) is 12.1 Å². The zero-order valence-electron chi connectivity index (χ0n) is 12.7. The van der Waals surface area contributed by atoms with Gasteiger partial charge in [-0.15, -0.1) is 12.4 Å². The molecule has 1 aromatic rings. The van der Waals surface area contributed by atoms with Crippen molar-refractivity contribution in [3.05, 3.63) is 29.8 Å². The molecule has 0 aliphatic heterocycles. The molecule has 0 spiro atoms. The molecule has 1 aromatic carbocycles. The number of nitrogens with zero attached hydrogens (tertiary/aromatic N) is 1. The fraction of sp³-hybridized carbons (Fsp3) is 0.500. The molecular weight excluding hydrogens is 326 g/mol. The maximum Gasteiger partial charge on any atom is 0.251 e. The molecule has 3 N–H and O–H groups in total. The van der Waals surface area contributed by atoms with Crippen molar-refractivity contribution in [2.45, 2.75) is 23.8 Å². The van der Waals surface area contributed by atoms with Gasteiger partial charge in [-0.25, -0.2) is 12.7 Å². The summed E-state index contributed by atoms with van der Waals surface area (Å²) in [5.41, 5.74) is 6.25. The molecule has 2 rings (SSSR count). The number of nitrogens with two attached hydrogens (primary N) is 1. The Morgan fingerprint density at radius 1 is 1.41 bits per heavy atom. The van der Waals surface area contributed by atoms with Gasteiger partial charge in [0.05, 0.1) is 4.90 Å². The van der Waals surface area contributed by atoms with E-state index in [0.29, 0.717) is 18.0 Å². The fourth-order valence-corrected chi connectivity index (χ4v) is 2.96. The fourth-order valence-electron chi connectivity index (χ4n) is 2.01. The maximum absolute atomic E-state index is 12.1. The van der Waals surface area contributed by atoms with Gasteiger partial charge in [0, 0.05) is 32.2 Å². The van der Waals surface area contributed by atoms with Gasteiger partial charge in [-0.1, -0.05) is 6.07 Å². The number of amides is 1. The van der Waals surface area contributed by atoms with Crippen LogP contribution in [0.4, 0.5) is 0 Å². The van der Waals surface area contributed by atoms with E-state index in [-0.39, 0.29) is 29.3 Å². The van der Waals surface area contributed by atoms with Crippen LogP contribution >= 0.6 is 12.4 Å². The highest BCUT2D eigenvalue weighted by Crippen LogP contribution is 2.31. The van der Waals surface area contributed by atoms with Gasteiger partial charge in [-0.05, 0) is 37.0 Å². The number of benzene rings is 1. The lowest BCUT2D eigenvalue weighted by atomic mass is 10.2. The molecule has 124 valence electrons. The van der Waals surface area contributed by atoms with Crippen LogP contribution in [-0.4, -0.2) is 45.3 Å². The number of rotatable bonds is 6. The summed E-state index contributed by atoms with van der Waals surface area (Å²) in [7, 11) is -0.629. The molecule has 1 atom stereocenters. The molecule has 0 heterocycles. The number of carbonyl (C=O) groups is 1. The second-order valence-corrected chi connectivity index (χ2v) is 7.68. The van der Waals surface area contributed by atoms with Gasteiger partial charge in [-0.3, -0.25) is 4.79 Å². The Bertz CT molecular complexity index is 630. The molecule has 1 saturated carbocycles. The third kappa shape index (κ3) is 4.42. The maximum atomic E-state index is 12.1. The van der Waals surface area contributed by atoms with Gasteiger partial charge < -0.3 is 11.1 Å². The minimum absolute atomic E-state index is 0. The minimum atomic E-state index is -3.54. The molecule has 0 aromatic heterocycles. The van der Waals surface area contributed by atoms with Crippen molar-refractivity contribution < 1.29 is 13.2 Å². The van der Waals surface area contributed by atoms with Crippen LogP contribution in [0.15, 0.2) is 29.2 Å². The molecule has 1 amide bonds. The summed E-state index contributed by atoms with van der Waals surface area (Å²) in [5.74, 6) is 0.202. The Labute approximate surface area is 137 Å². The Balaban J connectivity index is 0.00000242. The first-order valence-electron chi connectivity index (χ1n) is 6.88. The second-order valence-electron chi connectivity index (χ2n) is 5.53. The SMILES string of the molecule is CN(C)S(=O)(=O)c1cccc(C(=O)NCC(N)C2CC2)c1.Cl. The molecule has 1 aliphatic rings. The van der Waals surface area contributed by atoms with Crippen molar-refractivity contribution in [1.29, 1.82) is 0 Å². The van der Waals surface area contributed by atoms with Crippen molar-refractivity contribution in [1.82, 2.24) is 9.62 Å². The number of hydrogen-bond acceptors (Lipinski definition) is 4. The topological polar surface area (TPSA) is 92.5 Å². The van der Waals surface area contributed by atoms with Crippen LogP contribution in [0.25, 0.3) is 0 Å². The van der Waals surface area contributed by atoms with Crippen molar-refractivity contribution in [3.8, 4) is 0 Å². The number of halogens is 1. The smallest absolute Gasteiger partial charge is 0.251 e. The molecule has 22 heavy (non-hydrogen) atoms. The second kappa shape index (κ2) is 7.41. The van der Waals surface area contributed by atoms with E-state index in [9.17, 15) is 13.2 Å². The molecule has 0 radical (unpaired) electrons. The average Bonchev–Trinajstić information content (AvgIpc) is 3.29. The van der Waals surface area contributed by atoms with Crippen molar-refractivity contribution >= 4 is 28.3 Å². The van der Waals surface area contributed by atoms with Crippen molar-refractivity contribution in [3.63, 3.8) is 0 Å². The lowest BCUT2D eigenvalue weighted by molar-refractivity contribution is 0.0950. The normalized spacial score (nSPS) is 16.0. The summed E-state index contributed by atoms with van der Waals surface area (Å²) in [6, 6.07) is 5.98. The molecule has 0 bridgehead atoms. The quantitative estimate of drug-likeness (QED) is 0.797. The van der Waals surface area contributed by atoms with Crippen LogP contribution < -0.4 is 11.1 Å². The summed E-state index contributed by atoms with van der Waals surface area (Å²) in [4.78, 5) is 12.2. The number of carbonyl (C=O) groups excluding carboxylic acids is 1. The molecule has 1 unspecified atom stereocenters. The summed E-state index contributed by atoms with van der Waals surface area (Å²) in [6.45, 7) is 0.411. The van der Waals surface area contributed by atoms with E-state index in [0.717, 1.165) is 17.1 Å². The highest BCUT2D eigenvalue weighted by molar-refractivity contribution is 7.89. The van der Waals surface area contributed by atoms with E-state index in [2.05, 4.69) is 5.32 Å².